The highest BCUT2D eigenvalue weighted by Crippen LogP contribution is 2.09. The smallest absolute Gasteiger partial charge is 0.329 e. The van der Waals surface area contributed by atoms with Crippen molar-refractivity contribution in [3.8, 4) is 0 Å². The van der Waals surface area contributed by atoms with E-state index in [0.717, 1.165) is 6.42 Å². The van der Waals surface area contributed by atoms with Crippen molar-refractivity contribution in [3.05, 3.63) is 0 Å². The lowest BCUT2D eigenvalue weighted by Gasteiger charge is -2.27. The molecule has 0 rings (SSSR count). The first-order valence-corrected chi connectivity index (χ1v) is 5.14. The minimum absolute atomic E-state index is 0.344. The van der Waals surface area contributed by atoms with E-state index in [0.29, 0.717) is 13.0 Å². The van der Waals surface area contributed by atoms with E-state index in [1.807, 2.05) is 6.92 Å². The van der Waals surface area contributed by atoms with Gasteiger partial charge in [-0.15, -0.1) is 0 Å². The molecule has 5 nitrogen and oxygen atoms in total. The predicted molar refractivity (Wildman–Crippen MR) is 57.8 cm³/mol. The van der Waals surface area contributed by atoms with Crippen molar-refractivity contribution in [2.75, 3.05) is 13.6 Å². The van der Waals surface area contributed by atoms with E-state index in [-0.39, 0.29) is 6.03 Å². The Morgan fingerprint density at radius 1 is 1.40 bits per heavy atom. The van der Waals surface area contributed by atoms with Crippen LogP contribution < -0.4 is 5.32 Å². The van der Waals surface area contributed by atoms with Gasteiger partial charge < -0.3 is 15.3 Å². The van der Waals surface area contributed by atoms with Crippen molar-refractivity contribution in [1.29, 1.82) is 0 Å². The Labute approximate surface area is 90.5 Å². The van der Waals surface area contributed by atoms with Crippen molar-refractivity contribution in [2.45, 2.75) is 39.2 Å². The molecule has 0 heterocycles. The van der Waals surface area contributed by atoms with Crippen LogP contribution in [0.4, 0.5) is 4.79 Å². The zero-order valence-corrected chi connectivity index (χ0v) is 9.83. The van der Waals surface area contributed by atoms with Gasteiger partial charge in [0.2, 0.25) is 0 Å². The number of carboxylic acids is 1. The largest absolute Gasteiger partial charge is 0.480 e. The van der Waals surface area contributed by atoms with Crippen molar-refractivity contribution >= 4 is 12.0 Å². The first-order chi connectivity index (χ1) is 6.87. The second-order valence-electron chi connectivity index (χ2n) is 3.84. The molecule has 0 bridgehead atoms. The highest BCUT2D eigenvalue weighted by atomic mass is 16.4. The third-order valence-electron chi connectivity index (χ3n) is 2.47. The number of carbonyl (C=O) groups is 2. The molecule has 0 saturated heterocycles. The lowest BCUT2D eigenvalue weighted by molar-refractivity contribution is -0.143. The van der Waals surface area contributed by atoms with Crippen LogP contribution in [0.25, 0.3) is 0 Å². The Kier molecular flexibility index (Phi) is 5.11. The molecule has 0 aromatic carbocycles. The molecule has 0 radical (unpaired) electrons. The number of aliphatic carboxylic acids is 1. The van der Waals surface area contributed by atoms with Gasteiger partial charge in [-0.25, -0.2) is 9.59 Å². The van der Waals surface area contributed by atoms with Gasteiger partial charge in [0.1, 0.15) is 5.54 Å². The number of amides is 2. The van der Waals surface area contributed by atoms with E-state index in [4.69, 9.17) is 5.11 Å². The molecule has 2 N–H and O–H groups in total. The number of nitrogens with zero attached hydrogens (tertiary/aromatic N) is 1. The summed E-state index contributed by atoms with van der Waals surface area (Å²) in [6.07, 6.45) is 1.20. The molecule has 15 heavy (non-hydrogen) atoms. The third kappa shape index (κ3) is 3.77. The summed E-state index contributed by atoms with van der Waals surface area (Å²) in [5.74, 6) is -1.01. The topological polar surface area (TPSA) is 69.6 Å². The Morgan fingerprint density at radius 2 is 1.93 bits per heavy atom. The summed E-state index contributed by atoms with van der Waals surface area (Å²) < 4.78 is 0. The van der Waals surface area contributed by atoms with Crippen molar-refractivity contribution < 1.29 is 14.7 Å². The summed E-state index contributed by atoms with van der Waals surface area (Å²) in [6, 6.07) is -0.344. The van der Waals surface area contributed by atoms with E-state index in [9.17, 15) is 9.59 Å². The molecular weight excluding hydrogens is 196 g/mol. The van der Waals surface area contributed by atoms with Gasteiger partial charge in [-0.3, -0.25) is 0 Å². The number of hydrogen-bond acceptors (Lipinski definition) is 2. The highest BCUT2D eigenvalue weighted by Gasteiger charge is 2.33. The number of nitrogens with one attached hydrogen (secondary N) is 1. The maximum absolute atomic E-state index is 11.6. The summed E-state index contributed by atoms with van der Waals surface area (Å²) in [5.41, 5.74) is -1.18. The van der Waals surface area contributed by atoms with Crippen LogP contribution in [0.15, 0.2) is 0 Å². The first kappa shape index (κ1) is 13.7. The molecule has 1 atom stereocenters. The molecular formula is C10H20N2O3. The van der Waals surface area contributed by atoms with Crippen LogP contribution in [-0.4, -0.2) is 41.1 Å². The first-order valence-electron chi connectivity index (χ1n) is 5.14. The van der Waals surface area contributed by atoms with E-state index in [1.165, 1.54) is 11.8 Å². The maximum atomic E-state index is 11.6. The molecule has 0 aromatic rings. The quantitative estimate of drug-likeness (QED) is 0.727. The average Bonchev–Trinajstić information content (AvgIpc) is 2.17. The Balaban J connectivity index is 4.43. The second kappa shape index (κ2) is 5.58. The normalized spacial score (nSPS) is 14.1. The van der Waals surface area contributed by atoms with Gasteiger partial charge in [0.05, 0.1) is 0 Å². The lowest BCUT2D eigenvalue weighted by atomic mass is 10.00. The molecule has 0 aliphatic heterocycles. The lowest BCUT2D eigenvalue weighted by Crippen LogP contribution is -2.55. The zero-order chi connectivity index (χ0) is 12.1. The Hall–Kier alpha value is -1.26. The molecule has 2 amide bonds. The van der Waals surface area contributed by atoms with Crippen LogP contribution in [-0.2, 0) is 4.79 Å². The van der Waals surface area contributed by atoms with Gasteiger partial charge in [-0.1, -0.05) is 13.8 Å². The number of rotatable bonds is 5. The molecule has 0 fully saturated rings. The standard InChI is InChI=1S/C10H20N2O3/c1-5-7-12(4)9(15)11-10(3,6-2)8(13)14/h5-7H2,1-4H3,(H,11,15)(H,13,14). The minimum Gasteiger partial charge on any atom is -0.480 e. The molecule has 0 aliphatic rings. The van der Waals surface area contributed by atoms with Crippen molar-refractivity contribution in [1.82, 2.24) is 10.2 Å². The summed E-state index contributed by atoms with van der Waals surface area (Å²) in [4.78, 5) is 24.0. The average molecular weight is 216 g/mol. The van der Waals surface area contributed by atoms with Gasteiger partial charge in [0.25, 0.3) is 0 Å². The van der Waals surface area contributed by atoms with Crippen LogP contribution in [0.5, 0.6) is 0 Å². The second-order valence-corrected chi connectivity index (χ2v) is 3.84. The summed E-state index contributed by atoms with van der Waals surface area (Å²) in [7, 11) is 1.65. The predicted octanol–water partition coefficient (Wildman–Crippen LogP) is 1.29. The Morgan fingerprint density at radius 3 is 2.27 bits per heavy atom. The molecule has 1 unspecified atom stereocenters. The maximum Gasteiger partial charge on any atom is 0.329 e. The van der Waals surface area contributed by atoms with Crippen LogP contribution in [0, 0.1) is 0 Å². The van der Waals surface area contributed by atoms with Crippen LogP contribution in [0.2, 0.25) is 0 Å². The zero-order valence-electron chi connectivity index (χ0n) is 9.83. The fourth-order valence-corrected chi connectivity index (χ4v) is 1.06. The molecule has 0 aromatic heterocycles. The van der Waals surface area contributed by atoms with Gasteiger partial charge in [-0.2, -0.15) is 0 Å². The summed E-state index contributed by atoms with van der Waals surface area (Å²) >= 11 is 0. The number of carbonyl (C=O) groups excluding carboxylic acids is 1. The van der Waals surface area contributed by atoms with Gasteiger partial charge in [0.15, 0.2) is 0 Å². The summed E-state index contributed by atoms with van der Waals surface area (Å²) in [5, 5.41) is 11.5. The fraction of sp³-hybridized carbons (Fsp3) is 0.800. The number of hydrogen-bond donors (Lipinski definition) is 2. The fourth-order valence-electron chi connectivity index (χ4n) is 1.06. The highest BCUT2D eigenvalue weighted by molar-refractivity contribution is 5.85. The molecule has 5 heteroatoms. The van der Waals surface area contributed by atoms with E-state index >= 15 is 0 Å². The van der Waals surface area contributed by atoms with E-state index < -0.39 is 11.5 Å². The number of urea groups is 1. The van der Waals surface area contributed by atoms with Crippen LogP contribution in [0.3, 0.4) is 0 Å². The number of carboxylic acid groups (broad SMARTS) is 1. The van der Waals surface area contributed by atoms with Gasteiger partial charge in [0, 0.05) is 13.6 Å². The molecule has 0 aliphatic carbocycles. The Bertz CT molecular complexity index is 243. The van der Waals surface area contributed by atoms with Crippen LogP contribution >= 0.6 is 0 Å². The monoisotopic (exact) mass is 216 g/mol. The van der Waals surface area contributed by atoms with Crippen LogP contribution in [0.1, 0.15) is 33.6 Å². The minimum atomic E-state index is -1.18. The molecule has 0 saturated carbocycles. The van der Waals surface area contributed by atoms with Crippen molar-refractivity contribution in [2.24, 2.45) is 0 Å². The van der Waals surface area contributed by atoms with E-state index in [1.54, 1.807) is 14.0 Å². The molecule has 0 spiro atoms. The van der Waals surface area contributed by atoms with Crippen molar-refractivity contribution in [3.63, 3.8) is 0 Å². The molecule has 88 valence electrons. The van der Waals surface area contributed by atoms with E-state index in [2.05, 4.69) is 5.32 Å². The van der Waals surface area contributed by atoms with Gasteiger partial charge in [-0.05, 0) is 19.8 Å². The van der Waals surface area contributed by atoms with Gasteiger partial charge >= 0.3 is 12.0 Å². The summed E-state index contributed by atoms with van der Waals surface area (Å²) in [6.45, 7) is 5.81. The third-order valence-corrected chi connectivity index (χ3v) is 2.47. The SMILES string of the molecule is CCCN(C)C(=O)NC(C)(CC)C(=O)O.